The highest BCUT2D eigenvalue weighted by molar-refractivity contribution is 5.85. The fourth-order valence-corrected chi connectivity index (χ4v) is 2.91. The molecule has 2 fully saturated rings. The first-order valence-electron chi connectivity index (χ1n) is 6.39. The van der Waals surface area contributed by atoms with E-state index in [1.165, 1.54) is 0 Å². The molecule has 5 nitrogen and oxygen atoms in total. The lowest BCUT2D eigenvalue weighted by molar-refractivity contribution is -0.151. The number of fused-ring (bicyclic) bond motifs is 1. The second kappa shape index (κ2) is 6.70. The van der Waals surface area contributed by atoms with Crippen LogP contribution >= 0.6 is 12.4 Å². The van der Waals surface area contributed by atoms with Crippen LogP contribution in [0.5, 0.6) is 0 Å². The molecule has 6 heteroatoms. The Morgan fingerprint density at radius 1 is 1.61 bits per heavy atom. The number of rotatable bonds is 4. The van der Waals surface area contributed by atoms with E-state index in [4.69, 9.17) is 4.74 Å². The molecule has 0 bridgehead atoms. The fourth-order valence-electron chi connectivity index (χ4n) is 2.91. The van der Waals surface area contributed by atoms with Crippen LogP contribution < -0.4 is 10.6 Å². The highest BCUT2D eigenvalue weighted by Crippen LogP contribution is 2.38. The summed E-state index contributed by atoms with van der Waals surface area (Å²) >= 11 is 0. The molecule has 2 N–H and O–H groups in total. The number of ether oxygens (including phenoxy) is 1. The topological polar surface area (TPSA) is 53.6 Å². The highest BCUT2D eigenvalue weighted by atomic mass is 35.5. The Bertz CT molecular complexity index is 290. The average Bonchev–Trinajstić information content (AvgIpc) is 2.79. The van der Waals surface area contributed by atoms with Gasteiger partial charge in [0, 0.05) is 33.3 Å². The molecule has 2 aliphatic rings. The molecular weight excluding hydrogens is 254 g/mol. The second-order valence-electron chi connectivity index (χ2n) is 5.16. The van der Waals surface area contributed by atoms with Crippen molar-refractivity contribution in [3.05, 3.63) is 0 Å². The lowest BCUT2D eigenvalue weighted by Gasteiger charge is -2.39. The van der Waals surface area contributed by atoms with Gasteiger partial charge in [0.15, 0.2) is 0 Å². The molecule has 2 atom stereocenters. The zero-order valence-electron chi connectivity index (χ0n) is 11.2. The number of carbonyl (C=O) groups excluding carboxylic acids is 1. The molecule has 0 aromatic carbocycles. The molecule has 0 aromatic rings. The molecular formula is C12H24ClN3O2. The van der Waals surface area contributed by atoms with Crippen molar-refractivity contribution in [1.82, 2.24) is 15.5 Å². The summed E-state index contributed by atoms with van der Waals surface area (Å²) in [5.41, 5.74) is -0.305. The van der Waals surface area contributed by atoms with Gasteiger partial charge < -0.3 is 20.3 Å². The summed E-state index contributed by atoms with van der Waals surface area (Å²) in [6.07, 6.45) is 0.999. The fraction of sp³-hybridized carbons (Fsp3) is 0.917. The first-order chi connectivity index (χ1) is 8.20. The Hall–Kier alpha value is -0.360. The lowest BCUT2D eigenvalue weighted by Crippen LogP contribution is -2.53. The Morgan fingerprint density at radius 2 is 2.39 bits per heavy atom. The van der Waals surface area contributed by atoms with Gasteiger partial charge in [-0.3, -0.25) is 4.79 Å². The van der Waals surface area contributed by atoms with E-state index in [2.05, 4.69) is 10.6 Å². The van der Waals surface area contributed by atoms with Gasteiger partial charge in [0.25, 0.3) is 0 Å². The summed E-state index contributed by atoms with van der Waals surface area (Å²) < 4.78 is 5.56. The SMILES string of the molecule is CNCCN(C)C(=O)[C@]12CNC[C@H]1CCOC2.Cl. The van der Waals surface area contributed by atoms with Crippen LogP contribution in [0.25, 0.3) is 0 Å². The van der Waals surface area contributed by atoms with Crippen LogP contribution in [-0.2, 0) is 9.53 Å². The van der Waals surface area contributed by atoms with E-state index < -0.39 is 0 Å². The van der Waals surface area contributed by atoms with Crippen LogP contribution in [-0.4, -0.2) is 64.3 Å². The minimum absolute atomic E-state index is 0. The normalized spacial score (nSPS) is 30.4. The van der Waals surface area contributed by atoms with Crippen LogP contribution in [0.2, 0.25) is 0 Å². The van der Waals surface area contributed by atoms with Crippen LogP contribution in [0.15, 0.2) is 0 Å². The van der Waals surface area contributed by atoms with Crippen molar-refractivity contribution >= 4 is 18.3 Å². The summed E-state index contributed by atoms with van der Waals surface area (Å²) in [5, 5.41) is 6.43. The Balaban J connectivity index is 0.00000162. The van der Waals surface area contributed by atoms with Crippen molar-refractivity contribution in [1.29, 1.82) is 0 Å². The van der Waals surface area contributed by atoms with Gasteiger partial charge in [-0.05, 0) is 25.9 Å². The Kier molecular flexibility index (Phi) is 5.85. The predicted molar refractivity (Wildman–Crippen MR) is 73.0 cm³/mol. The first-order valence-corrected chi connectivity index (χ1v) is 6.39. The number of halogens is 1. The summed E-state index contributed by atoms with van der Waals surface area (Å²) in [6, 6.07) is 0. The van der Waals surface area contributed by atoms with Gasteiger partial charge in [-0.15, -0.1) is 12.4 Å². The molecule has 18 heavy (non-hydrogen) atoms. The third-order valence-electron chi connectivity index (χ3n) is 4.05. The molecule has 2 aliphatic heterocycles. The summed E-state index contributed by atoms with van der Waals surface area (Å²) in [6.45, 7) is 4.67. The van der Waals surface area contributed by atoms with E-state index >= 15 is 0 Å². The summed E-state index contributed by atoms with van der Waals surface area (Å²) in [4.78, 5) is 14.4. The van der Waals surface area contributed by atoms with Crippen LogP contribution in [0.1, 0.15) is 6.42 Å². The van der Waals surface area contributed by atoms with Gasteiger partial charge >= 0.3 is 0 Å². The van der Waals surface area contributed by atoms with Crippen LogP contribution in [0.3, 0.4) is 0 Å². The van der Waals surface area contributed by atoms with E-state index in [1.807, 2.05) is 19.0 Å². The molecule has 0 aromatic heterocycles. The smallest absolute Gasteiger partial charge is 0.232 e. The zero-order chi connectivity index (χ0) is 12.3. The van der Waals surface area contributed by atoms with Crippen LogP contribution in [0.4, 0.5) is 0 Å². The minimum Gasteiger partial charge on any atom is -0.380 e. The molecule has 0 radical (unpaired) electrons. The van der Waals surface area contributed by atoms with E-state index in [0.29, 0.717) is 12.5 Å². The molecule has 2 rings (SSSR count). The number of nitrogens with zero attached hydrogens (tertiary/aromatic N) is 1. The van der Waals surface area contributed by atoms with Gasteiger partial charge in [-0.2, -0.15) is 0 Å². The third-order valence-corrected chi connectivity index (χ3v) is 4.05. The lowest BCUT2D eigenvalue weighted by atomic mass is 9.74. The zero-order valence-corrected chi connectivity index (χ0v) is 12.0. The number of carbonyl (C=O) groups is 1. The number of hydrogen-bond acceptors (Lipinski definition) is 4. The minimum atomic E-state index is -0.305. The molecule has 0 unspecified atom stereocenters. The van der Waals surface area contributed by atoms with Crippen molar-refractivity contribution in [3.63, 3.8) is 0 Å². The molecule has 0 spiro atoms. The third kappa shape index (κ3) is 2.79. The summed E-state index contributed by atoms with van der Waals surface area (Å²) in [5.74, 6) is 0.684. The van der Waals surface area contributed by atoms with Crippen molar-refractivity contribution in [2.24, 2.45) is 11.3 Å². The Labute approximate surface area is 115 Å². The maximum absolute atomic E-state index is 12.6. The Morgan fingerprint density at radius 3 is 3.11 bits per heavy atom. The predicted octanol–water partition coefficient (Wildman–Crippen LogP) is -0.288. The van der Waals surface area contributed by atoms with Gasteiger partial charge in [0.1, 0.15) is 0 Å². The maximum atomic E-state index is 12.6. The highest BCUT2D eigenvalue weighted by Gasteiger charge is 2.51. The molecule has 1 amide bonds. The van der Waals surface area contributed by atoms with Crippen molar-refractivity contribution in [2.45, 2.75) is 6.42 Å². The average molecular weight is 278 g/mol. The van der Waals surface area contributed by atoms with Crippen molar-refractivity contribution in [3.8, 4) is 0 Å². The van der Waals surface area contributed by atoms with Crippen molar-refractivity contribution in [2.75, 3.05) is 53.5 Å². The number of likely N-dealkylation sites (N-methyl/N-ethyl adjacent to an activating group) is 2. The first kappa shape index (κ1) is 15.7. The van der Waals surface area contributed by atoms with Gasteiger partial charge in [-0.25, -0.2) is 0 Å². The maximum Gasteiger partial charge on any atom is 0.232 e. The van der Waals surface area contributed by atoms with E-state index in [0.717, 1.165) is 39.2 Å². The quantitative estimate of drug-likeness (QED) is 0.742. The molecule has 0 aliphatic carbocycles. The molecule has 2 saturated heterocycles. The van der Waals surface area contributed by atoms with Crippen molar-refractivity contribution < 1.29 is 9.53 Å². The van der Waals surface area contributed by atoms with E-state index in [-0.39, 0.29) is 23.7 Å². The molecule has 106 valence electrons. The monoisotopic (exact) mass is 277 g/mol. The number of nitrogens with one attached hydrogen (secondary N) is 2. The van der Waals surface area contributed by atoms with E-state index in [1.54, 1.807) is 0 Å². The largest absolute Gasteiger partial charge is 0.380 e. The standard InChI is InChI=1S/C12H23N3O2.ClH/c1-13-4-5-15(2)11(16)12-8-14-7-10(12)3-6-17-9-12;/h10,13-14H,3-9H2,1-2H3;1H/t10-,12+;/m1./s1. The molecule has 0 saturated carbocycles. The van der Waals surface area contributed by atoms with Gasteiger partial charge in [-0.1, -0.05) is 0 Å². The van der Waals surface area contributed by atoms with Gasteiger partial charge in [0.2, 0.25) is 5.91 Å². The summed E-state index contributed by atoms with van der Waals surface area (Å²) in [7, 11) is 3.79. The number of hydrogen-bond donors (Lipinski definition) is 2. The number of amides is 1. The molecule has 2 heterocycles. The second-order valence-corrected chi connectivity index (χ2v) is 5.16. The van der Waals surface area contributed by atoms with Crippen LogP contribution in [0, 0.1) is 11.3 Å². The van der Waals surface area contributed by atoms with E-state index in [9.17, 15) is 4.79 Å². The van der Waals surface area contributed by atoms with Gasteiger partial charge in [0.05, 0.1) is 12.0 Å².